The van der Waals surface area contributed by atoms with E-state index in [4.69, 9.17) is 11.0 Å². The first-order chi connectivity index (χ1) is 9.67. The number of hydrogen-bond acceptors (Lipinski definition) is 2. The number of benzene rings is 2. The van der Waals surface area contributed by atoms with Crippen LogP contribution in [0.1, 0.15) is 11.1 Å². The van der Waals surface area contributed by atoms with E-state index in [0.29, 0.717) is 5.56 Å². The van der Waals surface area contributed by atoms with Crippen LogP contribution in [0.4, 0.5) is 5.69 Å². The van der Waals surface area contributed by atoms with Crippen molar-refractivity contribution >= 4 is 32.5 Å². The minimum absolute atomic E-state index is 0.674. The molecule has 2 N–H and O–H groups in total. The van der Waals surface area contributed by atoms with Gasteiger partial charge in [-0.05, 0) is 57.2 Å². The van der Waals surface area contributed by atoms with E-state index >= 15 is 0 Å². The molecule has 0 spiro atoms. The van der Waals surface area contributed by atoms with Crippen LogP contribution in [0.15, 0.2) is 53.1 Å². The molecule has 0 radical (unpaired) electrons. The van der Waals surface area contributed by atoms with Crippen LogP contribution < -0.4 is 5.73 Å². The first-order valence-corrected chi connectivity index (χ1v) is 6.99. The fraction of sp³-hybridized carbons (Fsp3) is 0.0625. The average molecular weight is 326 g/mol. The molecule has 3 aromatic rings. The molecule has 0 bridgehead atoms. The standard InChI is InChI=1S/C16H12BrN3/c17-14-4-2-12(7-15(14)19)10-20-6-5-13-3-1-11(9-18)8-16(13)20/h1-8H,10,19H2. The monoisotopic (exact) mass is 325 g/mol. The lowest BCUT2D eigenvalue weighted by molar-refractivity contribution is 0.837. The van der Waals surface area contributed by atoms with Gasteiger partial charge in [0.1, 0.15) is 0 Å². The second-order valence-corrected chi connectivity index (χ2v) is 5.54. The lowest BCUT2D eigenvalue weighted by Crippen LogP contribution is -1.99. The van der Waals surface area contributed by atoms with E-state index < -0.39 is 0 Å². The topological polar surface area (TPSA) is 54.7 Å². The summed E-state index contributed by atoms with van der Waals surface area (Å²) in [5, 5.41) is 10.1. The van der Waals surface area contributed by atoms with Gasteiger partial charge in [-0.2, -0.15) is 5.26 Å². The van der Waals surface area contributed by atoms with Crippen LogP contribution in [0.3, 0.4) is 0 Å². The summed E-state index contributed by atoms with van der Waals surface area (Å²) >= 11 is 3.40. The van der Waals surface area contributed by atoms with Gasteiger partial charge < -0.3 is 10.3 Å². The molecule has 0 aliphatic carbocycles. The third-order valence-corrected chi connectivity index (χ3v) is 4.04. The maximum Gasteiger partial charge on any atom is 0.0992 e. The van der Waals surface area contributed by atoms with Crippen molar-refractivity contribution < 1.29 is 0 Å². The Bertz CT molecular complexity index is 827. The summed E-state index contributed by atoms with van der Waals surface area (Å²) in [5.74, 6) is 0. The highest BCUT2D eigenvalue weighted by molar-refractivity contribution is 9.10. The number of fused-ring (bicyclic) bond motifs is 1. The molecule has 0 saturated heterocycles. The number of nitriles is 1. The van der Waals surface area contributed by atoms with Crippen molar-refractivity contribution in [3.63, 3.8) is 0 Å². The van der Waals surface area contributed by atoms with Crippen LogP contribution in [-0.2, 0) is 6.54 Å². The summed E-state index contributed by atoms with van der Waals surface area (Å²) in [6.07, 6.45) is 2.03. The highest BCUT2D eigenvalue weighted by Gasteiger charge is 2.04. The molecule has 0 amide bonds. The van der Waals surface area contributed by atoms with Gasteiger partial charge in [-0.15, -0.1) is 0 Å². The molecule has 0 atom stereocenters. The first-order valence-electron chi connectivity index (χ1n) is 6.20. The summed E-state index contributed by atoms with van der Waals surface area (Å²) in [6.45, 7) is 0.732. The Labute approximate surface area is 125 Å². The Kier molecular flexibility index (Phi) is 3.21. The van der Waals surface area contributed by atoms with Gasteiger partial charge in [0.25, 0.3) is 0 Å². The fourth-order valence-corrected chi connectivity index (χ4v) is 2.53. The molecular formula is C16H12BrN3. The van der Waals surface area contributed by atoms with Gasteiger partial charge in [0.05, 0.1) is 11.6 Å². The molecule has 3 rings (SSSR count). The zero-order chi connectivity index (χ0) is 14.1. The van der Waals surface area contributed by atoms with E-state index in [2.05, 4.69) is 32.6 Å². The zero-order valence-electron chi connectivity index (χ0n) is 10.7. The Morgan fingerprint density at radius 3 is 2.75 bits per heavy atom. The van der Waals surface area contributed by atoms with Crippen LogP contribution >= 0.6 is 15.9 Å². The van der Waals surface area contributed by atoms with Crippen LogP contribution in [0, 0.1) is 11.3 Å². The average Bonchev–Trinajstić information content (AvgIpc) is 2.85. The molecule has 0 aliphatic rings. The Hall–Kier alpha value is -2.25. The van der Waals surface area contributed by atoms with E-state index in [-0.39, 0.29) is 0 Å². The highest BCUT2D eigenvalue weighted by Crippen LogP contribution is 2.23. The van der Waals surface area contributed by atoms with Crippen LogP contribution in [0.2, 0.25) is 0 Å². The minimum atomic E-state index is 0.674. The summed E-state index contributed by atoms with van der Waals surface area (Å²) in [5.41, 5.74) is 9.51. The first kappa shape index (κ1) is 12.8. The lowest BCUT2D eigenvalue weighted by atomic mass is 10.1. The van der Waals surface area contributed by atoms with Gasteiger partial charge >= 0.3 is 0 Å². The molecule has 4 heteroatoms. The largest absolute Gasteiger partial charge is 0.398 e. The summed E-state index contributed by atoms with van der Waals surface area (Å²) in [6, 6.07) is 15.9. The molecule has 2 aromatic carbocycles. The fourth-order valence-electron chi connectivity index (χ4n) is 2.28. The van der Waals surface area contributed by atoms with E-state index in [1.807, 2.05) is 42.6 Å². The highest BCUT2D eigenvalue weighted by atomic mass is 79.9. The second kappa shape index (κ2) is 5.03. The third-order valence-electron chi connectivity index (χ3n) is 3.32. The van der Waals surface area contributed by atoms with Crippen molar-refractivity contribution in [2.75, 3.05) is 5.73 Å². The smallest absolute Gasteiger partial charge is 0.0992 e. The maximum absolute atomic E-state index is 9.00. The molecule has 0 unspecified atom stereocenters. The maximum atomic E-state index is 9.00. The number of nitrogens with zero attached hydrogens (tertiary/aromatic N) is 2. The van der Waals surface area contributed by atoms with Crippen molar-refractivity contribution in [3.05, 3.63) is 64.3 Å². The Morgan fingerprint density at radius 1 is 1.15 bits per heavy atom. The van der Waals surface area contributed by atoms with E-state index in [9.17, 15) is 0 Å². The predicted molar refractivity (Wildman–Crippen MR) is 84.3 cm³/mol. The van der Waals surface area contributed by atoms with Crippen molar-refractivity contribution in [2.45, 2.75) is 6.54 Å². The summed E-state index contributed by atoms with van der Waals surface area (Å²) in [4.78, 5) is 0. The van der Waals surface area contributed by atoms with Crippen molar-refractivity contribution in [2.24, 2.45) is 0 Å². The van der Waals surface area contributed by atoms with E-state index in [1.54, 1.807) is 0 Å². The molecular weight excluding hydrogens is 314 g/mol. The number of rotatable bonds is 2. The minimum Gasteiger partial charge on any atom is -0.398 e. The molecule has 1 heterocycles. The molecule has 3 nitrogen and oxygen atoms in total. The summed E-state index contributed by atoms with van der Waals surface area (Å²) in [7, 11) is 0. The Morgan fingerprint density at radius 2 is 2.00 bits per heavy atom. The third kappa shape index (κ3) is 2.28. The van der Waals surface area contributed by atoms with Crippen LogP contribution in [0.5, 0.6) is 0 Å². The number of nitrogens with two attached hydrogens (primary N) is 1. The molecule has 1 aromatic heterocycles. The normalized spacial score (nSPS) is 10.6. The van der Waals surface area contributed by atoms with Crippen molar-refractivity contribution in [1.82, 2.24) is 4.57 Å². The molecule has 0 saturated carbocycles. The molecule has 0 aliphatic heterocycles. The number of aromatic nitrogens is 1. The lowest BCUT2D eigenvalue weighted by Gasteiger charge is -2.08. The van der Waals surface area contributed by atoms with Crippen LogP contribution in [0.25, 0.3) is 10.9 Å². The number of hydrogen-bond donors (Lipinski definition) is 1. The van der Waals surface area contributed by atoms with E-state index in [1.165, 1.54) is 0 Å². The molecule has 98 valence electrons. The number of anilines is 1. The van der Waals surface area contributed by atoms with Gasteiger partial charge in [-0.3, -0.25) is 0 Å². The predicted octanol–water partition coefficient (Wildman–Crippen LogP) is 3.91. The van der Waals surface area contributed by atoms with Gasteiger partial charge in [0.15, 0.2) is 0 Å². The summed E-state index contributed by atoms with van der Waals surface area (Å²) < 4.78 is 3.03. The van der Waals surface area contributed by atoms with Gasteiger partial charge in [-0.25, -0.2) is 0 Å². The number of nitrogen functional groups attached to an aromatic ring is 1. The van der Waals surface area contributed by atoms with Gasteiger partial charge in [-0.1, -0.05) is 12.1 Å². The van der Waals surface area contributed by atoms with Crippen molar-refractivity contribution in [1.29, 1.82) is 5.26 Å². The quantitative estimate of drug-likeness (QED) is 0.726. The Balaban J connectivity index is 2.02. The van der Waals surface area contributed by atoms with E-state index in [0.717, 1.165) is 33.2 Å². The van der Waals surface area contributed by atoms with Crippen LogP contribution in [-0.4, -0.2) is 4.57 Å². The van der Waals surface area contributed by atoms with Crippen molar-refractivity contribution in [3.8, 4) is 6.07 Å². The van der Waals surface area contributed by atoms with Gasteiger partial charge in [0, 0.05) is 28.4 Å². The molecule has 20 heavy (non-hydrogen) atoms. The van der Waals surface area contributed by atoms with Gasteiger partial charge in [0.2, 0.25) is 0 Å². The number of halogens is 1. The SMILES string of the molecule is N#Cc1ccc2ccn(Cc3ccc(Br)c(N)c3)c2c1. The zero-order valence-corrected chi connectivity index (χ0v) is 12.3. The molecule has 0 fully saturated rings. The second-order valence-electron chi connectivity index (χ2n) is 4.68.